The van der Waals surface area contributed by atoms with Crippen molar-refractivity contribution in [3.63, 3.8) is 0 Å². The minimum absolute atomic E-state index is 0.198. The standard InChI is InChI=1S/C54H78O3/c1-31-37(28-34-22-25-40(49(4,5)6)46(55)43(34)52(13,14)15)32(2)39(30-36-24-27-42(51(10,11)12)48(57)45(36)54(19,20)21)33(3)38(31)29-35-23-26-41(50(7,8)9)47(56)44(35)53(16,17)18/h22-27,55-57H,28-30H2,1-21H3. The molecule has 312 valence electrons. The summed E-state index contributed by atoms with van der Waals surface area (Å²) in [5.74, 6) is 1.22. The first kappa shape index (κ1) is 46.0. The quantitative estimate of drug-likeness (QED) is 0.183. The number of hydrogen-bond donors (Lipinski definition) is 3. The molecular formula is C54H78O3. The monoisotopic (exact) mass is 775 g/mol. The van der Waals surface area contributed by atoms with Gasteiger partial charge in [-0.2, -0.15) is 0 Å². The molecule has 4 aromatic carbocycles. The Morgan fingerprint density at radius 1 is 0.316 bits per heavy atom. The summed E-state index contributed by atoms with van der Waals surface area (Å²) in [5.41, 5.74) is 15.5. The molecule has 0 fully saturated rings. The van der Waals surface area contributed by atoms with E-state index < -0.39 is 0 Å². The number of aromatic hydroxyl groups is 3. The Morgan fingerprint density at radius 2 is 0.509 bits per heavy atom. The van der Waals surface area contributed by atoms with Crippen LogP contribution in [0, 0.1) is 20.8 Å². The summed E-state index contributed by atoms with van der Waals surface area (Å²) in [7, 11) is 0. The van der Waals surface area contributed by atoms with Crippen LogP contribution in [0.25, 0.3) is 0 Å². The molecule has 0 bridgehead atoms. The lowest BCUT2D eigenvalue weighted by molar-refractivity contribution is 0.420. The van der Waals surface area contributed by atoms with Crippen molar-refractivity contribution in [3.05, 3.63) is 120 Å². The molecule has 0 atom stereocenters. The highest BCUT2D eigenvalue weighted by Gasteiger charge is 2.33. The Hall–Kier alpha value is -3.72. The summed E-state index contributed by atoms with van der Waals surface area (Å²) in [6.45, 7) is 46.1. The highest BCUT2D eigenvalue weighted by atomic mass is 16.3. The van der Waals surface area contributed by atoms with Crippen molar-refractivity contribution in [3.8, 4) is 17.2 Å². The topological polar surface area (TPSA) is 60.7 Å². The van der Waals surface area contributed by atoms with Crippen LogP contribution in [0.3, 0.4) is 0 Å². The van der Waals surface area contributed by atoms with Crippen molar-refractivity contribution in [2.24, 2.45) is 0 Å². The lowest BCUT2D eigenvalue weighted by Crippen LogP contribution is -2.21. The van der Waals surface area contributed by atoms with Crippen LogP contribution in [-0.2, 0) is 51.8 Å². The van der Waals surface area contributed by atoms with Gasteiger partial charge >= 0.3 is 0 Å². The summed E-state index contributed by atoms with van der Waals surface area (Å²) < 4.78 is 0. The van der Waals surface area contributed by atoms with E-state index in [2.05, 4.69) is 182 Å². The maximum absolute atomic E-state index is 12.0. The molecule has 0 aliphatic carbocycles. The van der Waals surface area contributed by atoms with Crippen LogP contribution < -0.4 is 0 Å². The van der Waals surface area contributed by atoms with Gasteiger partial charge in [0.15, 0.2) is 0 Å². The van der Waals surface area contributed by atoms with Gasteiger partial charge in [-0.15, -0.1) is 0 Å². The molecule has 4 rings (SSSR count). The molecule has 4 aromatic rings. The van der Waals surface area contributed by atoms with Gasteiger partial charge in [-0.25, -0.2) is 0 Å². The van der Waals surface area contributed by atoms with Crippen LogP contribution in [0.4, 0.5) is 0 Å². The lowest BCUT2D eigenvalue weighted by atomic mass is 9.73. The molecule has 3 heteroatoms. The van der Waals surface area contributed by atoms with Crippen LogP contribution in [0.15, 0.2) is 36.4 Å². The molecule has 0 saturated carbocycles. The Labute approximate surface area is 348 Å². The molecule has 0 aliphatic rings. The molecule has 0 heterocycles. The zero-order valence-electron chi connectivity index (χ0n) is 39.9. The second kappa shape index (κ2) is 15.1. The molecule has 0 unspecified atom stereocenters. The number of phenols is 3. The van der Waals surface area contributed by atoms with Crippen molar-refractivity contribution in [2.45, 2.75) is 197 Å². The Balaban J connectivity index is 2.12. The largest absolute Gasteiger partial charge is 0.507 e. The van der Waals surface area contributed by atoms with Crippen LogP contribution in [0.1, 0.15) is 208 Å². The van der Waals surface area contributed by atoms with Gasteiger partial charge in [0.05, 0.1) is 0 Å². The zero-order chi connectivity index (χ0) is 43.8. The Bertz CT molecular complexity index is 1880. The Morgan fingerprint density at radius 3 is 0.667 bits per heavy atom. The van der Waals surface area contributed by atoms with Gasteiger partial charge in [-0.1, -0.05) is 161 Å². The van der Waals surface area contributed by atoms with Gasteiger partial charge in [0.2, 0.25) is 0 Å². The molecule has 0 saturated heterocycles. The van der Waals surface area contributed by atoms with Gasteiger partial charge in [-0.05, 0) is 139 Å². The smallest absolute Gasteiger partial charge is 0.123 e. The second-order valence-corrected chi connectivity index (χ2v) is 23.3. The van der Waals surface area contributed by atoms with Crippen molar-refractivity contribution >= 4 is 0 Å². The van der Waals surface area contributed by atoms with Gasteiger partial charge < -0.3 is 15.3 Å². The first-order valence-corrected chi connectivity index (χ1v) is 21.3. The van der Waals surface area contributed by atoms with Crippen molar-refractivity contribution in [2.75, 3.05) is 0 Å². The van der Waals surface area contributed by atoms with E-state index in [-0.39, 0.29) is 32.5 Å². The second-order valence-electron chi connectivity index (χ2n) is 23.3. The van der Waals surface area contributed by atoms with Crippen LogP contribution in [-0.4, -0.2) is 15.3 Å². The summed E-state index contributed by atoms with van der Waals surface area (Å²) >= 11 is 0. The van der Waals surface area contributed by atoms with E-state index in [1.54, 1.807) is 0 Å². The van der Waals surface area contributed by atoms with Crippen LogP contribution >= 0.6 is 0 Å². The molecule has 57 heavy (non-hydrogen) atoms. The molecule has 0 amide bonds. The van der Waals surface area contributed by atoms with Gasteiger partial charge in [-0.3, -0.25) is 0 Å². The van der Waals surface area contributed by atoms with E-state index in [0.29, 0.717) is 36.5 Å². The minimum atomic E-state index is -0.277. The summed E-state index contributed by atoms with van der Waals surface area (Å²) in [6, 6.07) is 13.1. The van der Waals surface area contributed by atoms with Crippen molar-refractivity contribution in [1.82, 2.24) is 0 Å². The number of rotatable bonds is 6. The average Bonchev–Trinajstić information content (AvgIpc) is 2.99. The minimum Gasteiger partial charge on any atom is -0.507 e. The third kappa shape index (κ3) is 9.29. The highest BCUT2D eigenvalue weighted by Crippen LogP contribution is 2.46. The van der Waals surface area contributed by atoms with Crippen molar-refractivity contribution < 1.29 is 15.3 Å². The fourth-order valence-corrected chi connectivity index (χ4v) is 9.42. The van der Waals surface area contributed by atoms with Crippen molar-refractivity contribution in [1.29, 1.82) is 0 Å². The molecule has 0 aromatic heterocycles. The normalized spacial score (nSPS) is 13.4. The van der Waals surface area contributed by atoms with Crippen LogP contribution in [0.5, 0.6) is 17.2 Å². The third-order valence-corrected chi connectivity index (χ3v) is 12.3. The molecule has 0 radical (unpaired) electrons. The number of phenolic OH excluding ortho intramolecular Hbond substituents is 3. The van der Waals surface area contributed by atoms with E-state index in [4.69, 9.17) is 0 Å². The molecular weight excluding hydrogens is 697 g/mol. The predicted octanol–water partition coefficient (Wildman–Crippen LogP) is 14.3. The molecule has 0 spiro atoms. The van der Waals surface area contributed by atoms with Gasteiger partial charge in [0.1, 0.15) is 17.2 Å². The zero-order valence-corrected chi connectivity index (χ0v) is 39.9. The SMILES string of the molecule is Cc1c(Cc2ccc(C(C)(C)C)c(O)c2C(C)(C)C)c(C)c(Cc2ccc(C(C)(C)C)c(O)c2C(C)(C)C)c(C)c1Cc1ccc(C(C)(C)C)c(O)c1C(C)(C)C. The summed E-state index contributed by atoms with van der Waals surface area (Å²) in [4.78, 5) is 0. The fraction of sp³-hybridized carbons (Fsp3) is 0.556. The third-order valence-electron chi connectivity index (χ3n) is 12.3. The van der Waals surface area contributed by atoms with E-state index >= 15 is 0 Å². The highest BCUT2D eigenvalue weighted by molar-refractivity contribution is 5.61. The fourth-order valence-electron chi connectivity index (χ4n) is 9.42. The maximum Gasteiger partial charge on any atom is 0.123 e. The van der Waals surface area contributed by atoms with Gasteiger partial charge in [0.25, 0.3) is 0 Å². The number of hydrogen-bond acceptors (Lipinski definition) is 3. The Kier molecular flexibility index (Phi) is 12.2. The first-order chi connectivity index (χ1) is 25.6. The number of benzene rings is 4. The summed E-state index contributed by atoms with van der Waals surface area (Å²) in [6.07, 6.45) is 2.05. The maximum atomic E-state index is 12.0. The van der Waals surface area contributed by atoms with E-state index in [9.17, 15) is 15.3 Å². The van der Waals surface area contributed by atoms with Gasteiger partial charge in [0, 0.05) is 16.7 Å². The van der Waals surface area contributed by atoms with E-state index in [0.717, 1.165) is 50.1 Å². The molecule has 3 nitrogen and oxygen atoms in total. The average molecular weight is 775 g/mol. The van der Waals surface area contributed by atoms with Crippen LogP contribution in [0.2, 0.25) is 0 Å². The van der Waals surface area contributed by atoms with E-state index in [1.165, 1.54) is 33.4 Å². The lowest BCUT2D eigenvalue weighted by Gasteiger charge is -2.32. The molecule has 0 aliphatic heterocycles. The predicted molar refractivity (Wildman–Crippen MR) is 246 cm³/mol. The molecule has 3 N–H and O–H groups in total. The van der Waals surface area contributed by atoms with E-state index in [1.807, 2.05) is 0 Å². The summed E-state index contributed by atoms with van der Waals surface area (Å²) in [5, 5.41) is 35.9. The first-order valence-electron chi connectivity index (χ1n) is 21.3.